The molecule has 2 aliphatic rings. The standard InChI is InChI=1S/C17H26N2O3S/c1-13-14(23-12-18-13)5-6-16(20)19-9-7-17(8-10-19)15(21-2)4-3-11-22-17/h12,15H,3-11H2,1-2H3. The van der Waals surface area contributed by atoms with Crippen LogP contribution in [0.1, 0.15) is 42.7 Å². The number of nitrogens with zero attached hydrogens (tertiary/aromatic N) is 2. The van der Waals surface area contributed by atoms with Crippen molar-refractivity contribution in [3.05, 3.63) is 16.1 Å². The fraction of sp³-hybridized carbons (Fsp3) is 0.765. The van der Waals surface area contributed by atoms with Gasteiger partial charge >= 0.3 is 0 Å². The Morgan fingerprint density at radius 2 is 2.30 bits per heavy atom. The molecular formula is C17H26N2O3S. The van der Waals surface area contributed by atoms with Crippen LogP contribution < -0.4 is 0 Å². The van der Waals surface area contributed by atoms with Gasteiger partial charge in [0.1, 0.15) is 0 Å². The number of aromatic nitrogens is 1. The van der Waals surface area contributed by atoms with E-state index in [1.165, 1.54) is 4.88 Å². The first-order valence-corrected chi connectivity index (χ1v) is 9.36. The third kappa shape index (κ3) is 3.59. The number of piperidine rings is 1. The van der Waals surface area contributed by atoms with Crippen molar-refractivity contribution in [2.45, 2.75) is 57.2 Å². The van der Waals surface area contributed by atoms with E-state index in [2.05, 4.69) is 4.98 Å². The summed E-state index contributed by atoms with van der Waals surface area (Å²) in [6.45, 7) is 4.38. The van der Waals surface area contributed by atoms with Crippen LogP contribution in [-0.4, -0.2) is 54.3 Å². The van der Waals surface area contributed by atoms with Crippen molar-refractivity contribution in [1.82, 2.24) is 9.88 Å². The van der Waals surface area contributed by atoms with Crippen LogP contribution >= 0.6 is 11.3 Å². The number of hydrogen-bond donors (Lipinski definition) is 0. The third-order valence-corrected chi connectivity index (χ3v) is 6.24. The summed E-state index contributed by atoms with van der Waals surface area (Å²) in [6, 6.07) is 0. The van der Waals surface area contributed by atoms with Gasteiger partial charge in [-0.3, -0.25) is 4.79 Å². The summed E-state index contributed by atoms with van der Waals surface area (Å²) in [5.41, 5.74) is 2.74. The molecule has 128 valence electrons. The largest absolute Gasteiger partial charge is 0.378 e. The highest BCUT2D eigenvalue weighted by atomic mass is 32.1. The van der Waals surface area contributed by atoms with Gasteiger partial charge in [-0.1, -0.05) is 0 Å². The molecule has 1 spiro atoms. The zero-order valence-electron chi connectivity index (χ0n) is 14.0. The molecule has 3 heterocycles. The van der Waals surface area contributed by atoms with Crippen LogP contribution in [0.2, 0.25) is 0 Å². The summed E-state index contributed by atoms with van der Waals surface area (Å²) in [4.78, 5) is 19.9. The minimum atomic E-state index is -0.169. The Bertz CT molecular complexity index is 538. The Kier molecular flexibility index (Phi) is 5.34. The molecule has 2 fully saturated rings. The van der Waals surface area contributed by atoms with Crippen molar-refractivity contribution in [3.63, 3.8) is 0 Å². The van der Waals surface area contributed by atoms with Crippen molar-refractivity contribution in [2.75, 3.05) is 26.8 Å². The van der Waals surface area contributed by atoms with Crippen molar-refractivity contribution in [3.8, 4) is 0 Å². The fourth-order valence-electron chi connectivity index (χ4n) is 3.78. The first kappa shape index (κ1) is 16.9. The van der Waals surface area contributed by atoms with Gasteiger partial charge in [-0.05, 0) is 39.0 Å². The molecule has 2 aliphatic heterocycles. The number of likely N-dealkylation sites (tertiary alicyclic amines) is 1. The molecule has 23 heavy (non-hydrogen) atoms. The van der Waals surface area contributed by atoms with Gasteiger partial charge in [-0.15, -0.1) is 11.3 Å². The molecule has 1 aromatic heterocycles. The third-order valence-electron chi connectivity index (χ3n) is 5.24. The van der Waals surface area contributed by atoms with Crippen LogP contribution in [0.15, 0.2) is 5.51 Å². The monoisotopic (exact) mass is 338 g/mol. The SMILES string of the molecule is COC1CCCOC12CCN(C(=O)CCc1scnc1C)CC2. The Balaban J connectivity index is 1.52. The van der Waals surface area contributed by atoms with Crippen molar-refractivity contribution in [1.29, 1.82) is 0 Å². The minimum absolute atomic E-state index is 0.169. The maximum Gasteiger partial charge on any atom is 0.222 e. The number of rotatable bonds is 4. The highest BCUT2D eigenvalue weighted by molar-refractivity contribution is 7.09. The van der Waals surface area contributed by atoms with Gasteiger partial charge < -0.3 is 14.4 Å². The molecule has 0 saturated carbocycles. The minimum Gasteiger partial charge on any atom is -0.378 e. The van der Waals surface area contributed by atoms with E-state index in [1.807, 2.05) is 17.3 Å². The number of thiazole rings is 1. The molecule has 1 atom stereocenters. The second-order valence-electron chi connectivity index (χ2n) is 6.52. The maximum absolute atomic E-state index is 12.5. The van der Waals surface area contributed by atoms with E-state index in [0.29, 0.717) is 6.42 Å². The highest BCUT2D eigenvalue weighted by Gasteiger charge is 2.45. The molecule has 5 nitrogen and oxygen atoms in total. The Labute approximate surface area is 142 Å². The number of carbonyl (C=O) groups excluding carboxylic acids is 1. The predicted molar refractivity (Wildman–Crippen MR) is 89.7 cm³/mol. The molecule has 0 bridgehead atoms. The topological polar surface area (TPSA) is 51.7 Å². The molecule has 6 heteroatoms. The van der Waals surface area contributed by atoms with Crippen molar-refractivity contribution in [2.24, 2.45) is 0 Å². The molecule has 1 unspecified atom stereocenters. The van der Waals surface area contributed by atoms with Gasteiger partial charge in [0.25, 0.3) is 0 Å². The molecule has 1 aromatic rings. The number of amides is 1. The van der Waals surface area contributed by atoms with E-state index in [0.717, 1.165) is 57.5 Å². The average molecular weight is 338 g/mol. The Morgan fingerprint density at radius 1 is 1.52 bits per heavy atom. The van der Waals surface area contributed by atoms with Crippen LogP contribution in [0.25, 0.3) is 0 Å². The molecule has 3 rings (SSSR count). The van der Waals surface area contributed by atoms with Crippen LogP contribution in [0, 0.1) is 6.92 Å². The average Bonchev–Trinajstić information content (AvgIpc) is 2.99. The quantitative estimate of drug-likeness (QED) is 0.847. The van der Waals surface area contributed by atoms with E-state index < -0.39 is 0 Å². The lowest BCUT2D eigenvalue weighted by Crippen LogP contribution is -2.56. The lowest BCUT2D eigenvalue weighted by molar-refractivity contribution is -0.188. The van der Waals surface area contributed by atoms with E-state index in [-0.39, 0.29) is 17.6 Å². The van der Waals surface area contributed by atoms with Gasteiger partial charge in [0, 0.05) is 38.1 Å². The zero-order valence-corrected chi connectivity index (χ0v) is 14.9. The lowest BCUT2D eigenvalue weighted by Gasteiger charge is -2.48. The number of methoxy groups -OCH3 is 1. The van der Waals surface area contributed by atoms with E-state index in [9.17, 15) is 4.79 Å². The van der Waals surface area contributed by atoms with E-state index in [1.54, 1.807) is 18.4 Å². The maximum atomic E-state index is 12.5. The molecule has 0 radical (unpaired) electrons. The number of carbonyl (C=O) groups is 1. The van der Waals surface area contributed by atoms with Crippen molar-refractivity contribution < 1.29 is 14.3 Å². The van der Waals surface area contributed by atoms with Gasteiger partial charge in [0.05, 0.1) is 22.9 Å². The summed E-state index contributed by atoms with van der Waals surface area (Å²) < 4.78 is 11.8. The summed E-state index contributed by atoms with van der Waals surface area (Å²) in [6.07, 6.45) is 5.45. The molecule has 1 amide bonds. The fourth-order valence-corrected chi connectivity index (χ4v) is 4.56. The van der Waals surface area contributed by atoms with Crippen LogP contribution in [0.5, 0.6) is 0 Å². The Hall–Kier alpha value is -0.980. The van der Waals surface area contributed by atoms with Crippen molar-refractivity contribution >= 4 is 17.2 Å². The summed E-state index contributed by atoms with van der Waals surface area (Å²) in [5, 5.41) is 0. The first-order chi connectivity index (χ1) is 11.1. The molecule has 0 N–H and O–H groups in total. The van der Waals surface area contributed by atoms with E-state index in [4.69, 9.17) is 9.47 Å². The van der Waals surface area contributed by atoms with E-state index >= 15 is 0 Å². The number of aryl methyl sites for hydroxylation is 2. The zero-order chi connectivity index (χ0) is 16.3. The molecule has 0 aliphatic carbocycles. The smallest absolute Gasteiger partial charge is 0.222 e. The predicted octanol–water partition coefficient (Wildman–Crippen LogP) is 2.57. The molecule has 0 aromatic carbocycles. The summed E-state index contributed by atoms with van der Waals surface area (Å²) in [5.74, 6) is 0.248. The number of hydrogen-bond acceptors (Lipinski definition) is 5. The molecular weight excluding hydrogens is 312 g/mol. The van der Waals surface area contributed by atoms with Crippen LogP contribution in [0.4, 0.5) is 0 Å². The van der Waals surface area contributed by atoms with Gasteiger partial charge in [-0.2, -0.15) is 0 Å². The van der Waals surface area contributed by atoms with Crippen LogP contribution in [0.3, 0.4) is 0 Å². The van der Waals surface area contributed by atoms with Gasteiger partial charge in [-0.25, -0.2) is 4.98 Å². The lowest BCUT2D eigenvalue weighted by atomic mass is 9.81. The number of ether oxygens (including phenoxy) is 2. The normalized spacial score (nSPS) is 24.1. The Morgan fingerprint density at radius 3 is 2.96 bits per heavy atom. The second-order valence-corrected chi connectivity index (χ2v) is 7.46. The van der Waals surface area contributed by atoms with Crippen LogP contribution in [-0.2, 0) is 20.7 Å². The summed E-state index contributed by atoms with van der Waals surface area (Å²) >= 11 is 1.64. The summed E-state index contributed by atoms with van der Waals surface area (Å²) in [7, 11) is 1.77. The highest BCUT2D eigenvalue weighted by Crippen LogP contribution is 2.36. The second kappa shape index (κ2) is 7.28. The first-order valence-electron chi connectivity index (χ1n) is 8.48. The van der Waals surface area contributed by atoms with Gasteiger partial charge in [0.15, 0.2) is 0 Å². The molecule has 2 saturated heterocycles. The van der Waals surface area contributed by atoms with Gasteiger partial charge in [0.2, 0.25) is 5.91 Å².